The average molecular weight is 300 g/mol. The van der Waals surface area contributed by atoms with Crippen LogP contribution in [0.3, 0.4) is 0 Å². The lowest BCUT2D eigenvalue weighted by atomic mass is 9.64. The first-order chi connectivity index (χ1) is 9.86. The van der Waals surface area contributed by atoms with Crippen molar-refractivity contribution in [3.05, 3.63) is 0 Å². The van der Waals surface area contributed by atoms with Crippen LogP contribution in [0.1, 0.15) is 27.2 Å². The molecule has 2 amide bonds. The zero-order valence-corrected chi connectivity index (χ0v) is 12.8. The summed E-state index contributed by atoms with van der Waals surface area (Å²) in [6.07, 6.45) is 0.0126. The van der Waals surface area contributed by atoms with Crippen molar-refractivity contribution in [1.29, 1.82) is 0 Å². The Labute approximate surface area is 124 Å². The van der Waals surface area contributed by atoms with Gasteiger partial charge in [-0.25, -0.2) is 9.59 Å². The zero-order chi connectivity index (χ0) is 15.6. The van der Waals surface area contributed by atoms with Crippen molar-refractivity contribution in [3.63, 3.8) is 0 Å². The van der Waals surface area contributed by atoms with Crippen molar-refractivity contribution in [2.75, 3.05) is 26.3 Å². The SMILES string of the molecule is CCOC1CC(NC(=O)N2CCOC(C(=O)O)C2)C1(C)C. The van der Waals surface area contributed by atoms with Gasteiger partial charge in [-0.3, -0.25) is 0 Å². The van der Waals surface area contributed by atoms with Crippen LogP contribution in [0, 0.1) is 5.41 Å². The monoisotopic (exact) mass is 300 g/mol. The van der Waals surface area contributed by atoms with Gasteiger partial charge in [0, 0.05) is 24.6 Å². The van der Waals surface area contributed by atoms with Crippen LogP contribution in [0.15, 0.2) is 0 Å². The second kappa shape index (κ2) is 6.19. The summed E-state index contributed by atoms with van der Waals surface area (Å²) in [5.41, 5.74) is -0.107. The molecule has 7 nitrogen and oxygen atoms in total. The van der Waals surface area contributed by atoms with E-state index >= 15 is 0 Å². The average Bonchev–Trinajstić information content (AvgIpc) is 2.46. The number of rotatable bonds is 4. The number of urea groups is 1. The van der Waals surface area contributed by atoms with Gasteiger partial charge in [-0.1, -0.05) is 13.8 Å². The van der Waals surface area contributed by atoms with E-state index in [0.29, 0.717) is 13.2 Å². The van der Waals surface area contributed by atoms with Gasteiger partial charge >= 0.3 is 12.0 Å². The lowest BCUT2D eigenvalue weighted by Gasteiger charge is -2.52. The van der Waals surface area contributed by atoms with Crippen LogP contribution in [0.25, 0.3) is 0 Å². The summed E-state index contributed by atoms with van der Waals surface area (Å²) in [7, 11) is 0. The highest BCUT2D eigenvalue weighted by atomic mass is 16.5. The molecule has 7 heteroatoms. The highest BCUT2D eigenvalue weighted by molar-refractivity contribution is 5.77. The Kier molecular flexibility index (Phi) is 4.73. The first-order valence-electron chi connectivity index (χ1n) is 7.37. The number of nitrogens with one attached hydrogen (secondary N) is 1. The maximum atomic E-state index is 12.2. The molecule has 2 fully saturated rings. The molecule has 1 heterocycles. The molecule has 1 aliphatic heterocycles. The Hall–Kier alpha value is -1.34. The van der Waals surface area contributed by atoms with Crippen LogP contribution in [0.4, 0.5) is 4.79 Å². The molecule has 3 unspecified atom stereocenters. The maximum Gasteiger partial charge on any atom is 0.334 e. The predicted molar refractivity (Wildman–Crippen MR) is 75.1 cm³/mol. The summed E-state index contributed by atoms with van der Waals surface area (Å²) in [5, 5.41) is 11.9. The van der Waals surface area contributed by atoms with Crippen molar-refractivity contribution in [2.45, 2.75) is 45.4 Å². The Morgan fingerprint density at radius 2 is 2.19 bits per heavy atom. The van der Waals surface area contributed by atoms with Gasteiger partial charge in [0.05, 0.1) is 19.3 Å². The van der Waals surface area contributed by atoms with E-state index in [0.717, 1.165) is 6.42 Å². The Morgan fingerprint density at radius 1 is 1.48 bits per heavy atom. The molecular weight excluding hydrogens is 276 g/mol. The number of carbonyl (C=O) groups is 2. The summed E-state index contributed by atoms with van der Waals surface area (Å²) >= 11 is 0. The van der Waals surface area contributed by atoms with Gasteiger partial charge in [0.25, 0.3) is 0 Å². The summed E-state index contributed by atoms with van der Waals surface area (Å²) < 4.78 is 10.8. The molecule has 120 valence electrons. The number of carboxylic acids is 1. The van der Waals surface area contributed by atoms with E-state index in [-0.39, 0.29) is 36.7 Å². The van der Waals surface area contributed by atoms with Crippen LogP contribution in [-0.2, 0) is 14.3 Å². The molecule has 2 N–H and O–H groups in total. The van der Waals surface area contributed by atoms with Gasteiger partial charge in [-0.15, -0.1) is 0 Å². The number of hydrogen-bond acceptors (Lipinski definition) is 4. The largest absolute Gasteiger partial charge is 0.479 e. The Morgan fingerprint density at radius 3 is 2.76 bits per heavy atom. The Balaban J connectivity index is 1.86. The molecule has 0 spiro atoms. The summed E-state index contributed by atoms with van der Waals surface area (Å²) in [5.74, 6) is -1.03. The topological polar surface area (TPSA) is 88.1 Å². The van der Waals surface area contributed by atoms with Gasteiger partial charge in [-0.2, -0.15) is 0 Å². The third kappa shape index (κ3) is 3.29. The number of carbonyl (C=O) groups excluding carboxylic acids is 1. The fourth-order valence-electron chi connectivity index (χ4n) is 2.84. The van der Waals surface area contributed by atoms with E-state index in [1.165, 1.54) is 4.90 Å². The molecule has 0 aromatic heterocycles. The van der Waals surface area contributed by atoms with Gasteiger partial charge in [0.2, 0.25) is 0 Å². The van der Waals surface area contributed by atoms with E-state index in [9.17, 15) is 9.59 Å². The molecule has 2 rings (SSSR count). The number of morpholine rings is 1. The number of carboxylic acid groups (broad SMARTS) is 1. The van der Waals surface area contributed by atoms with E-state index in [2.05, 4.69) is 19.2 Å². The van der Waals surface area contributed by atoms with Crippen LogP contribution < -0.4 is 5.32 Å². The molecule has 1 saturated carbocycles. The molecule has 0 aromatic rings. The summed E-state index contributed by atoms with van der Waals surface area (Å²) in [6, 6.07) is -0.176. The predicted octanol–water partition coefficient (Wildman–Crippen LogP) is 0.685. The molecular formula is C14H24N2O5. The summed E-state index contributed by atoms with van der Waals surface area (Å²) in [4.78, 5) is 24.7. The van der Waals surface area contributed by atoms with Gasteiger partial charge in [0.1, 0.15) is 0 Å². The second-order valence-electron chi connectivity index (χ2n) is 6.15. The van der Waals surface area contributed by atoms with Crippen molar-refractivity contribution < 1.29 is 24.2 Å². The van der Waals surface area contributed by atoms with Gasteiger partial charge in [0.15, 0.2) is 6.10 Å². The molecule has 0 aromatic carbocycles. The Bertz CT molecular complexity index is 412. The van der Waals surface area contributed by atoms with Gasteiger partial charge in [-0.05, 0) is 13.3 Å². The molecule has 3 atom stereocenters. The van der Waals surface area contributed by atoms with Crippen molar-refractivity contribution in [1.82, 2.24) is 10.2 Å². The fourth-order valence-corrected chi connectivity index (χ4v) is 2.84. The third-order valence-electron chi connectivity index (χ3n) is 4.47. The van der Waals surface area contributed by atoms with Crippen molar-refractivity contribution in [3.8, 4) is 0 Å². The fraction of sp³-hybridized carbons (Fsp3) is 0.857. The smallest absolute Gasteiger partial charge is 0.334 e. The number of hydrogen-bond donors (Lipinski definition) is 2. The van der Waals surface area contributed by atoms with E-state index in [4.69, 9.17) is 14.6 Å². The second-order valence-corrected chi connectivity index (χ2v) is 6.15. The minimum atomic E-state index is -1.03. The molecule has 1 aliphatic carbocycles. The van der Waals surface area contributed by atoms with Crippen molar-refractivity contribution >= 4 is 12.0 Å². The minimum Gasteiger partial charge on any atom is -0.479 e. The normalized spacial score (nSPS) is 31.4. The van der Waals surface area contributed by atoms with E-state index < -0.39 is 12.1 Å². The van der Waals surface area contributed by atoms with Crippen LogP contribution in [0.2, 0.25) is 0 Å². The number of aliphatic carboxylic acids is 1. The van der Waals surface area contributed by atoms with Crippen molar-refractivity contribution in [2.24, 2.45) is 5.41 Å². The lowest BCUT2D eigenvalue weighted by Crippen LogP contribution is -2.64. The first kappa shape index (κ1) is 16.0. The quantitative estimate of drug-likeness (QED) is 0.797. The highest BCUT2D eigenvalue weighted by Gasteiger charge is 2.50. The maximum absolute atomic E-state index is 12.2. The molecule has 1 saturated heterocycles. The lowest BCUT2D eigenvalue weighted by molar-refractivity contribution is -0.154. The van der Waals surface area contributed by atoms with Crippen LogP contribution in [0.5, 0.6) is 0 Å². The number of ether oxygens (including phenoxy) is 2. The van der Waals surface area contributed by atoms with Gasteiger partial charge < -0.3 is 24.8 Å². The zero-order valence-electron chi connectivity index (χ0n) is 12.8. The molecule has 2 aliphatic rings. The number of amides is 2. The highest BCUT2D eigenvalue weighted by Crippen LogP contribution is 2.42. The standard InChI is InChI=1S/C14H24N2O5/c1-4-20-11-7-10(14(11,2)3)15-13(19)16-5-6-21-9(8-16)12(17)18/h9-11H,4-8H2,1-3H3,(H,15,19)(H,17,18). The number of nitrogens with zero attached hydrogens (tertiary/aromatic N) is 1. The first-order valence-corrected chi connectivity index (χ1v) is 7.37. The molecule has 0 radical (unpaired) electrons. The van der Waals surface area contributed by atoms with E-state index in [1.54, 1.807) is 0 Å². The molecule has 21 heavy (non-hydrogen) atoms. The third-order valence-corrected chi connectivity index (χ3v) is 4.47. The minimum absolute atomic E-state index is 0.0488. The van der Waals surface area contributed by atoms with Crippen LogP contribution >= 0.6 is 0 Å². The van der Waals surface area contributed by atoms with E-state index in [1.807, 2.05) is 6.92 Å². The molecule has 0 bridgehead atoms. The summed E-state index contributed by atoms with van der Waals surface area (Å²) in [6.45, 7) is 7.52. The van der Waals surface area contributed by atoms with Crippen LogP contribution in [-0.4, -0.2) is 66.6 Å².